The van der Waals surface area contributed by atoms with Crippen molar-refractivity contribution in [2.45, 2.75) is 26.7 Å². The van der Waals surface area contributed by atoms with Gasteiger partial charge in [-0.3, -0.25) is 9.78 Å². The monoisotopic (exact) mass is 338 g/mol. The largest absolute Gasteiger partial charge is 0.384 e. The molecule has 0 aliphatic rings. The molecule has 25 heavy (non-hydrogen) atoms. The van der Waals surface area contributed by atoms with E-state index < -0.39 is 0 Å². The van der Waals surface area contributed by atoms with Gasteiger partial charge < -0.3 is 10.6 Å². The van der Waals surface area contributed by atoms with Gasteiger partial charge in [-0.15, -0.1) is 5.10 Å². The van der Waals surface area contributed by atoms with Crippen LogP contribution in [-0.2, 0) is 0 Å². The van der Waals surface area contributed by atoms with E-state index in [9.17, 15) is 4.79 Å². The van der Waals surface area contributed by atoms with Crippen LogP contribution in [0.4, 0.5) is 5.82 Å². The number of hydrogen-bond acceptors (Lipinski definition) is 5. The first-order chi connectivity index (χ1) is 12.1. The maximum atomic E-state index is 12.8. The zero-order chi connectivity index (χ0) is 17.8. The van der Waals surface area contributed by atoms with Crippen LogP contribution in [0.2, 0.25) is 0 Å². The van der Waals surface area contributed by atoms with E-state index in [0.29, 0.717) is 35.1 Å². The van der Waals surface area contributed by atoms with Crippen molar-refractivity contribution < 1.29 is 4.79 Å². The standard InChI is InChI=1S/C18H22N6O/c1-3-5-10-23(4-2)18(25)13-11-15(19)24-16(12-13)21-17(22-24)14-8-6-7-9-20-14/h6-9,11-12H,3-5,10,19H2,1-2H3. The fourth-order valence-corrected chi connectivity index (χ4v) is 2.67. The normalized spacial score (nSPS) is 11.0. The first kappa shape index (κ1) is 16.9. The lowest BCUT2D eigenvalue weighted by Crippen LogP contribution is -2.31. The number of pyridine rings is 2. The third-order valence-corrected chi connectivity index (χ3v) is 4.06. The molecule has 1 amide bonds. The number of nitrogens with zero attached hydrogens (tertiary/aromatic N) is 5. The van der Waals surface area contributed by atoms with Crippen molar-refractivity contribution in [2.24, 2.45) is 0 Å². The van der Waals surface area contributed by atoms with Crippen molar-refractivity contribution in [1.82, 2.24) is 24.5 Å². The van der Waals surface area contributed by atoms with Crippen LogP contribution in [0.3, 0.4) is 0 Å². The molecule has 2 N–H and O–H groups in total. The van der Waals surface area contributed by atoms with Gasteiger partial charge in [-0.05, 0) is 37.6 Å². The van der Waals surface area contributed by atoms with Gasteiger partial charge in [0.25, 0.3) is 5.91 Å². The Labute approximate surface area is 146 Å². The first-order valence-corrected chi connectivity index (χ1v) is 8.51. The Hall–Kier alpha value is -2.96. The Morgan fingerprint density at radius 1 is 1.28 bits per heavy atom. The number of amides is 1. The van der Waals surface area contributed by atoms with Gasteiger partial charge in [0, 0.05) is 24.8 Å². The molecule has 0 radical (unpaired) electrons. The second-order valence-corrected chi connectivity index (χ2v) is 5.83. The number of nitrogens with two attached hydrogens (primary N) is 1. The Kier molecular flexibility index (Phi) is 4.92. The Morgan fingerprint density at radius 2 is 2.12 bits per heavy atom. The number of hydrogen-bond donors (Lipinski definition) is 1. The number of anilines is 1. The van der Waals surface area contributed by atoms with E-state index in [1.807, 2.05) is 30.0 Å². The summed E-state index contributed by atoms with van der Waals surface area (Å²) >= 11 is 0. The van der Waals surface area contributed by atoms with E-state index in [1.54, 1.807) is 18.3 Å². The molecule has 7 nitrogen and oxygen atoms in total. The fourth-order valence-electron chi connectivity index (χ4n) is 2.67. The van der Waals surface area contributed by atoms with Crippen LogP contribution in [0.1, 0.15) is 37.0 Å². The summed E-state index contributed by atoms with van der Waals surface area (Å²) in [5.41, 5.74) is 7.83. The number of aromatic nitrogens is 4. The summed E-state index contributed by atoms with van der Waals surface area (Å²) in [7, 11) is 0. The summed E-state index contributed by atoms with van der Waals surface area (Å²) in [4.78, 5) is 23.3. The van der Waals surface area contributed by atoms with Gasteiger partial charge in [0.1, 0.15) is 11.5 Å². The van der Waals surface area contributed by atoms with Gasteiger partial charge >= 0.3 is 0 Å². The molecule has 0 saturated carbocycles. The number of fused-ring (bicyclic) bond motifs is 1. The molecule has 130 valence electrons. The molecule has 0 aromatic carbocycles. The molecule has 0 spiro atoms. The Morgan fingerprint density at radius 3 is 2.80 bits per heavy atom. The highest BCUT2D eigenvalue weighted by Gasteiger charge is 2.17. The molecule has 0 fully saturated rings. The minimum Gasteiger partial charge on any atom is -0.384 e. The second kappa shape index (κ2) is 7.29. The number of nitrogen functional groups attached to an aromatic ring is 1. The second-order valence-electron chi connectivity index (χ2n) is 5.83. The van der Waals surface area contributed by atoms with Crippen LogP contribution in [0.15, 0.2) is 36.5 Å². The summed E-state index contributed by atoms with van der Waals surface area (Å²) in [5.74, 6) is 0.824. The first-order valence-electron chi connectivity index (χ1n) is 8.51. The lowest BCUT2D eigenvalue weighted by atomic mass is 10.2. The van der Waals surface area contributed by atoms with Gasteiger partial charge in [0.2, 0.25) is 5.82 Å². The molecule has 3 rings (SSSR count). The van der Waals surface area contributed by atoms with Crippen LogP contribution in [0.5, 0.6) is 0 Å². The maximum absolute atomic E-state index is 12.8. The van der Waals surface area contributed by atoms with E-state index in [0.717, 1.165) is 19.4 Å². The van der Waals surface area contributed by atoms with Gasteiger partial charge in [-0.2, -0.15) is 4.52 Å². The van der Waals surface area contributed by atoms with Crippen molar-refractivity contribution in [3.05, 3.63) is 42.1 Å². The lowest BCUT2D eigenvalue weighted by Gasteiger charge is -2.20. The molecule has 0 aliphatic heterocycles. The number of carbonyl (C=O) groups is 1. The summed E-state index contributed by atoms with van der Waals surface area (Å²) in [6.45, 7) is 5.49. The molecule has 7 heteroatoms. The van der Waals surface area contributed by atoms with Crippen LogP contribution < -0.4 is 5.73 Å². The van der Waals surface area contributed by atoms with Gasteiger partial charge in [0.15, 0.2) is 5.65 Å². The maximum Gasteiger partial charge on any atom is 0.254 e. The van der Waals surface area contributed by atoms with Crippen LogP contribution >= 0.6 is 0 Å². The van der Waals surface area contributed by atoms with Gasteiger partial charge in [-0.25, -0.2) is 4.98 Å². The van der Waals surface area contributed by atoms with Crippen molar-refractivity contribution in [3.8, 4) is 11.5 Å². The third-order valence-electron chi connectivity index (χ3n) is 4.06. The van der Waals surface area contributed by atoms with Crippen LogP contribution in [-0.4, -0.2) is 43.5 Å². The quantitative estimate of drug-likeness (QED) is 0.746. The van der Waals surface area contributed by atoms with Gasteiger partial charge in [0.05, 0.1) is 0 Å². The van der Waals surface area contributed by atoms with E-state index in [4.69, 9.17) is 5.73 Å². The lowest BCUT2D eigenvalue weighted by molar-refractivity contribution is 0.0762. The average molecular weight is 338 g/mol. The number of unbranched alkanes of at least 4 members (excludes halogenated alkanes) is 1. The summed E-state index contributed by atoms with van der Waals surface area (Å²) in [6.07, 6.45) is 3.71. The molecule has 0 atom stereocenters. The molecular formula is C18H22N6O. The summed E-state index contributed by atoms with van der Waals surface area (Å²) in [5, 5.41) is 4.39. The number of rotatable bonds is 6. The minimum atomic E-state index is -0.0347. The van der Waals surface area contributed by atoms with E-state index in [2.05, 4.69) is 22.0 Å². The molecule has 0 saturated heterocycles. The number of carbonyl (C=O) groups excluding carboxylic acids is 1. The van der Waals surface area contributed by atoms with Crippen molar-refractivity contribution in [1.29, 1.82) is 0 Å². The highest BCUT2D eigenvalue weighted by Crippen LogP contribution is 2.18. The van der Waals surface area contributed by atoms with Crippen molar-refractivity contribution in [2.75, 3.05) is 18.8 Å². The predicted molar refractivity (Wildman–Crippen MR) is 97.1 cm³/mol. The SMILES string of the molecule is CCCCN(CC)C(=O)c1cc(N)n2nc(-c3ccccn3)nc2c1. The highest BCUT2D eigenvalue weighted by atomic mass is 16.2. The topological polar surface area (TPSA) is 89.4 Å². The van der Waals surface area contributed by atoms with Crippen molar-refractivity contribution in [3.63, 3.8) is 0 Å². The van der Waals surface area contributed by atoms with Crippen LogP contribution in [0, 0.1) is 0 Å². The molecule has 0 aliphatic carbocycles. The van der Waals surface area contributed by atoms with E-state index >= 15 is 0 Å². The smallest absolute Gasteiger partial charge is 0.254 e. The summed E-state index contributed by atoms with van der Waals surface area (Å²) in [6, 6.07) is 8.92. The van der Waals surface area contributed by atoms with E-state index in [-0.39, 0.29) is 5.91 Å². The molecule has 3 heterocycles. The Balaban J connectivity index is 1.97. The predicted octanol–water partition coefficient (Wildman–Crippen LogP) is 2.64. The highest BCUT2D eigenvalue weighted by molar-refractivity contribution is 5.96. The summed E-state index contributed by atoms with van der Waals surface area (Å²) < 4.78 is 1.53. The molecular weight excluding hydrogens is 316 g/mol. The minimum absolute atomic E-state index is 0.0347. The van der Waals surface area contributed by atoms with Gasteiger partial charge in [-0.1, -0.05) is 19.4 Å². The third kappa shape index (κ3) is 3.45. The van der Waals surface area contributed by atoms with Crippen molar-refractivity contribution >= 4 is 17.4 Å². The zero-order valence-corrected chi connectivity index (χ0v) is 14.5. The molecule has 3 aromatic heterocycles. The zero-order valence-electron chi connectivity index (χ0n) is 14.5. The fraction of sp³-hybridized carbons (Fsp3) is 0.333. The van der Waals surface area contributed by atoms with E-state index in [1.165, 1.54) is 4.52 Å². The molecule has 0 unspecified atom stereocenters. The Bertz CT molecular complexity index is 874. The van der Waals surface area contributed by atoms with Crippen LogP contribution in [0.25, 0.3) is 17.2 Å². The molecule has 0 bridgehead atoms. The average Bonchev–Trinajstić information content (AvgIpc) is 3.08. The molecule has 3 aromatic rings.